The molecule has 1 amide bonds. The summed E-state index contributed by atoms with van der Waals surface area (Å²) >= 11 is 0. The molecule has 0 aromatic rings. The monoisotopic (exact) mass is 184 g/mol. The molecule has 3 nitrogen and oxygen atoms in total. The molecule has 1 heterocycles. The summed E-state index contributed by atoms with van der Waals surface area (Å²) < 4.78 is 0. The van der Waals surface area contributed by atoms with Gasteiger partial charge in [-0.2, -0.15) is 0 Å². The quantitative estimate of drug-likeness (QED) is 0.655. The molecule has 0 aliphatic carbocycles. The van der Waals surface area contributed by atoms with Crippen molar-refractivity contribution in [1.82, 2.24) is 10.2 Å². The third-order valence-corrected chi connectivity index (χ3v) is 2.40. The smallest absolute Gasteiger partial charge is 0.225 e. The minimum atomic E-state index is 0.130. The predicted molar refractivity (Wildman–Crippen MR) is 53.5 cm³/mol. The van der Waals surface area contributed by atoms with Gasteiger partial charge in [0.1, 0.15) is 0 Å². The first-order valence-corrected chi connectivity index (χ1v) is 5.13. The molecule has 1 fully saturated rings. The molecule has 0 bridgehead atoms. The zero-order chi connectivity index (χ0) is 9.84. The van der Waals surface area contributed by atoms with Gasteiger partial charge in [0.05, 0.1) is 0 Å². The maximum Gasteiger partial charge on any atom is 0.225 e. The Morgan fingerprint density at radius 2 is 2.23 bits per heavy atom. The van der Waals surface area contributed by atoms with E-state index < -0.39 is 0 Å². The molecule has 1 rings (SSSR count). The maximum atomic E-state index is 11.7. The summed E-state index contributed by atoms with van der Waals surface area (Å²) in [5.41, 5.74) is 0. The molecule has 0 saturated carbocycles. The number of carbonyl (C=O) groups excluding carboxylic acids is 1. The summed E-state index contributed by atoms with van der Waals surface area (Å²) in [6.45, 7) is 8.86. The van der Waals surface area contributed by atoms with Gasteiger partial charge in [0, 0.05) is 25.0 Å². The zero-order valence-electron chi connectivity index (χ0n) is 8.84. The number of hydrogen-bond donors (Lipinski definition) is 1. The van der Waals surface area contributed by atoms with Gasteiger partial charge in [0.15, 0.2) is 0 Å². The first kappa shape index (κ1) is 10.5. The highest BCUT2D eigenvalue weighted by Crippen LogP contribution is 2.06. The molecule has 0 aromatic heterocycles. The van der Waals surface area contributed by atoms with E-state index in [0.29, 0.717) is 6.04 Å². The summed E-state index contributed by atoms with van der Waals surface area (Å²) in [6, 6.07) is 0.435. The van der Waals surface area contributed by atoms with Crippen molar-refractivity contribution in [2.75, 3.05) is 19.6 Å². The Kier molecular flexibility index (Phi) is 3.72. The molecule has 1 N–H and O–H groups in total. The van der Waals surface area contributed by atoms with Gasteiger partial charge in [0.2, 0.25) is 5.91 Å². The first-order valence-electron chi connectivity index (χ1n) is 5.13. The second kappa shape index (κ2) is 4.61. The van der Waals surface area contributed by atoms with Crippen molar-refractivity contribution in [1.29, 1.82) is 0 Å². The van der Waals surface area contributed by atoms with Crippen LogP contribution in [0.25, 0.3) is 0 Å². The standard InChI is InChI=1S/C10H20N2O/c1-8(2)10(13)12-6-4-5-11-9(3)7-12/h8-9,11H,4-7H2,1-3H3. The lowest BCUT2D eigenvalue weighted by molar-refractivity contribution is -0.134. The van der Waals surface area contributed by atoms with Crippen LogP contribution in [0.15, 0.2) is 0 Å². The second-order valence-electron chi connectivity index (χ2n) is 4.15. The molecule has 1 aliphatic rings. The highest BCUT2D eigenvalue weighted by atomic mass is 16.2. The number of amides is 1. The minimum Gasteiger partial charge on any atom is -0.341 e. The fraction of sp³-hybridized carbons (Fsp3) is 0.900. The van der Waals surface area contributed by atoms with Crippen LogP contribution in [0, 0.1) is 5.92 Å². The molecule has 0 spiro atoms. The molecule has 1 unspecified atom stereocenters. The summed E-state index contributed by atoms with van der Waals surface area (Å²) in [7, 11) is 0. The normalized spacial score (nSPS) is 24.6. The Balaban J connectivity index is 2.52. The molecule has 0 radical (unpaired) electrons. The van der Waals surface area contributed by atoms with Crippen molar-refractivity contribution < 1.29 is 4.79 Å². The van der Waals surface area contributed by atoms with Crippen molar-refractivity contribution in [3.8, 4) is 0 Å². The van der Waals surface area contributed by atoms with Crippen LogP contribution >= 0.6 is 0 Å². The van der Waals surface area contributed by atoms with E-state index in [2.05, 4.69) is 12.2 Å². The molecule has 1 atom stereocenters. The molecule has 76 valence electrons. The number of nitrogens with one attached hydrogen (secondary N) is 1. The van der Waals surface area contributed by atoms with Crippen LogP contribution in [0.2, 0.25) is 0 Å². The molecule has 13 heavy (non-hydrogen) atoms. The lowest BCUT2D eigenvalue weighted by atomic mass is 10.2. The van der Waals surface area contributed by atoms with Gasteiger partial charge < -0.3 is 10.2 Å². The van der Waals surface area contributed by atoms with Crippen molar-refractivity contribution in [2.24, 2.45) is 5.92 Å². The van der Waals surface area contributed by atoms with E-state index in [-0.39, 0.29) is 11.8 Å². The summed E-state index contributed by atoms with van der Waals surface area (Å²) in [4.78, 5) is 13.7. The molecular weight excluding hydrogens is 164 g/mol. The Labute approximate surface area is 80.5 Å². The van der Waals surface area contributed by atoms with Gasteiger partial charge in [0.25, 0.3) is 0 Å². The molecule has 1 saturated heterocycles. The number of carbonyl (C=O) groups is 1. The van der Waals surface area contributed by atoms with Crippen molar-refractivity contribution >= 4 is 5.91 Å². The van der Waals surface area contributed by atoms with Crippen LogP contribution in [0.3, 0.4) is 0 Å². The Morgan fingerprint density at radius 3 is 2.85 bits per heavy atom. The third kappa shape index (κ3) is 2.99. The average Bonchev–Trinajstić information content (AvgIpc) is 2.28. The topological polar surface area (TPSA) is 32.3 Å². The molecular formula is C10H20N2O. The van der Waals surface area contributed by atoms with Crippen LogP contribution in [-0.4, -0.2) is 36.5 Å². The van der Waals surface area contributed by atoms with Gasteiger partial charge in [-0.05, 0) is 19.9 Å². The molecule has 3 heteroatoms. The number of rotatable bonds is 1. The molecule has 0 aromatic carbocycles. The van der Waals surface area contributed by atoms with Crippen molar-refractivity contribution in [3.05, 3.63) is 0 Å². The van der Waals surface area contributed by atoms with Gasteiger partial charge >= 0.3 is 0 Å². The SMILES string of the molecule is CC1CN(C(=O)C(C)C)CCCN1. The lowest BCUT2D eigenvalue weighted by Crippen LogP contribution is -2.40. The lowest BCUT2D eigenvalue weighted by Gasteiger charge is -2.24. The van der Waals surface area contributed by atoms with Crippen LogP contribution < -0.4 is 5.32 Å². The predicted octanol–water partition coefficient (Wildman–Crippen LogP) is 0.853. The Hall–Kier alpha value is -0.570. The summed E-state index contributed by atoms with van der Waals surface area (Å²) in [5, 5.41) is 3.37. The zero-order valence-corrected chi connectivity index (χ0v) is 8.84. The van der Waals surface area contributed by atoms with E-state index in [0.717, 1.165) is 26.1 Å². The van der Waals surface area contributed by atoms with Crippen molar-refractivity contribution in [3.63, 3.8) is 0 Å². The van der Waals surface area contributed by atoms with Crippen LogP contribution in [-0.2, 0) is 4.79 Å². The summed E-state index contributed by atoms with van der Waals surface area (Å²) in [5.74, 6) is 0.417. The van der Waals surface area contributed by atoms with Gasteiger partial charge in [-0.3, -0.25) is 4.79 Å². The van der Waals surface area contributed by atoms with Crippen LogP contribution in [0.4, 0.5) is 0 Å². The van der Waals surface area contributed by atoms with Crippen LogP contribution in [0.1, 0.15) is 27.2 Å². The average molecular weight is 184 g/mol. The van der Waals surface area contributed by atoms with E-state index in [1.165, 1.54) is 0 Å². The van der Waals surface area contributed by atoms with Gasteiger partial charge in [-0.25, -0.2) is 0 Å². The largest absolute Gasteiger partial charge is 0.341 e. The number of hydrogen-bond acceptors (Lipinski definition) is 2. The van der Waals surface area contributed by atoms with E-state index in [1.54, 1.807) is 0 Å². The second-order valence-corrected chi connectivity index (χ2v) is 4.15. The van der Waals surface area contributed by atoms with E-state index in [1.807, 2.05) is 18.7 Å². The fourth-order valence-corrected chi connectivity index (χ4v) is 1.67. The van der Waals surface area contributed by atoms with Crippen LogP contribution in [0.5, 0.6) is 0 Å². The molecule has 1 aliphatic heterocycles. The van der Waals surface area contributed by atoms with E-state index in [4.69, 9.17) is 0 Å². The maximum absolute atomic E-state index is 11.7. The highest BCUT2D eigenvalue weighted by molar-refractivity contribution is 5.78. The Bertz CT molecular complexity index is 180. The van der Waals surface area contributed by atoms with E-state index >= 15 is 0 Å². The van der Waals surface area contributed by atoms with Gasteiger partial charge in [-0.15, -0.1) is 0 Å². The Morgan fingerprint density at radius 1 is 1.54 bits per heavy atom. The fourth-order valence-electron chi connectivity index (χ4n) is 1.67. The van der Waals surface area contributed by atoms with E-state index in [9.17, 15) is 4.79 Å². The third-order valence-electron chi connectivity index (χ3n) is 2.40. The van der Waals surface area contributed by atoms with Crippen molar-refractivity contribution in [2.45, 2.75) is 33.2 Å². The first-order chi connectivity index (χ1) is 6.11. The summed E-state index contributed by atoms with van der Waals surface area (Å²) in [6.07, 6.45) is 1.07. The minimum absolute atomic E-state index is 0.130. The van der Waals surface area contributed by atoms with Gasteiger partial charge in [-0.1, -0.05) is 13.8 Å². The number of nitrogens with zero attached hydrogens (tertiary/aromatic N) is 1. The highest BCUT2D eigenvalue weighted by Gasteiger charge is 2.20.